The maximum absolute atomic E-state index is 12.2. The molecule has 2 aromatic carbocycles. The van der Waals surface area contributed by atoms with Crippen molar-refractivity contribution in [1.29, 1.82) is 0 Å². The average molecular weight is 366 g/mol. The van der Waals surface area contributed by atoms with Gasteiger partial charge in [0.1, 0.15) is 0 Å². The normalized spacial score (nSPS) is 10.9. The van der Waals surface area contributed by atoms with Gasteiger partial charge in [-0.25, -0.2) is 9.66 Å². The number of amides is 1. The number of anilines is 1. The van der Waals surface area contributed by atoms with E-state index >= 15 is 0 Å². The number of thioether (sulfide) groups is 1. The third-order valence-electron chi connectivity index (χ3n) is 3.96. The summed E-state index contributed by atoms with van der Waals surface area (Å²) in [6.45, 7) is 4.28. The first-order valence-corrected chi connectivity index (χ1v) is 9.44. The Kier molecular flexibility index (Phi) is 5.63. The third-order valence-corrected chi connectivity index (χ3v) is 4.93. The molecule has 0 aliphatic heterocycles. The Bertz CT molecular complexity index is 873. The number of aromatic nitrogens is 2. The lowest BCUT2D eigenvalue weighted by Crippen LogP contribution is -2.15. The maximum Gasteiger partial charge on any atom is 0.234 e. The molecule has 0 spiro atoms. The molecule has 134 valence electrons. The van der Waals surface area contributed by atoms with E-state index in [2.05, 4.69) is 24.1 Å². The Morgan fingerprint density at radius 1 is 1.15 bits per heavy atom. The van der Waals surface area contributed by atoms with Crippen LogP contribution in [-0.4, -0.2) is 21.3 Å². The van der Waals surface area contributed by atoms with Gasteiger partial charge in [0.05, 0.1) is 17.6 Å². The standard InChI is InChI=1S/C20H22N4OS/c1-14(2)15-8-10-17(11-9-15)22-19(25)13-26-20-23-18(12-24(20)21)16-6-4-3-5-7-16/h3-12,14H,13,21H2,1-2H3,(H,22,25). The number of hydrogen-bond acceptors (Lipinski definition) is 4. The van der Waals surface area contributed by atoms with Gasteiger partial charge in [-0.2, -0.15) is 0 Å². The lowest BCUT2D eigenvalue weighted by atomic mass is 10.0. The molecule has 1 heterocycles. The second-order valence-electron chi connectivity index (χ2n) is 6.30. The van der Waals surface area contributed by atoms with E-state index in [1.807, 2.05) is 54.6 Å². The third kappa shape index (κ3) is 4.46. The summed E-state index contributed by atoms with van der Waals surface area (Å²) in [6.07, 6.45) is 1.76. The van der Waals surface area contributed by atoms with Crippen LogP contribution in [0.25, 0.3) is 11.3 Å². The van der Waals surface area contributed by atoms with Crippen LogP contribution in [0.3, 0.4) is 0 Å². The van der Waals surface area contributed by atoms with Crippen LogP contribution in [0.15, 0.2) is 66.0 Å². The zero-order chi connectivity index (χ0) is 18.5. The van der Waals surface area contributed by atoms with Gasteiger partial charge in [0, 0.05) is 11.3 Å². The average Bonchev–Trinajstić information content (AvgIpc) is 3.02. The van der Waals surface area contributed by atoms with E-state index in [0.29, 0.717) is 11.1 Å². The second kappa shape index (κ2) is 8.10. The quantitative estimate of drug-likeness (QED) is 0.508. The number of nitrogens with two attached hydrogens (primary N) is 1. The topological polar surface area (TPSA) is 72.9 Å². The summed E-state index contributed by atoms with van der Waals surface area (Å²) in [4.78, 5) is 16.7. The summed E-state index contributed by atoms with van der Waals surface area (Å²) in [6, 6.07) is 17.7. The lowest BCUT2D eigenvalue weighted by molar-refractivity contribution is -0.113. The zero-order valence-corrected chi connectivity index (χ0v) is 15.7. The molecular formula is C20H22N4OS. The number of carbonyl (C=O) groups excluding carboxylic acids is 1. The van der Waals surface area contributed by atoms with Crippen LogP contribution in [0.1, 0.15) is 25.3 Å². The number of imidazole rings is 1. The molecular weight excluding hydrogens is 344 g/mol. The number of benzene rings is 2. The smallest absolute Gasteiger partial charge is 0.234 e. The van der Waals surface area contributed by atoms with E-state index in [-0.39, 0.29) is 11.7 Å². The predicted molar refractivity (Wildman–Crippen MR) is 108 cm³/mol. The van der Waals surface area contributed by atoms with Crippen molar-refractivity contribution in [2.45, 2.75) is 24.9 Å². The Morgan fingerprint density at radius 3 is 2.50 bits per heavy atom. The Balaban J connectivity index is 1.58. The molecule has 0 radical (unpaired) electrons. The van der Waals surface area contributed by atoms with Gasteiger partial charge in [-0.15, -0.1) is 0 Å². The molecule has 3 N–H and O–H groups in total. The molecule has 0 aliphatic rings. The monoisotopic (exact) mass is 366 g/mol. The molecule has 0 fully saturated rings. The fraction of sp³-hybridized carbons (Fsp3) is 0.200. The fourth-order valence-electron chi connectivity index (χ4n) is 2.51. The van der Waals surface area contributed by atoms with Crippen molar-refractivity contribution in [3.8, 4) is 11.3 Å². The van der Waals surface area contributed by atoms with E-state index in [9.17, 15) is 4.79 Å². The SMILES string of the molecule is CC(C)c1ccc(NC(=O)CSc2nc(-c3ccccc3)cn2N)cc1. The second-order valence-corrected chi connectivity index (χ2v) is 7.24. The number of nitrogens with one attached hydrogen (secondary N) is 1. The van der Waals surface area contributed by atoms with Gasteiger partial charge in [0.25, 0.3) is 0 Å². The van der Waals surface area contributed by atoms with Gasteiger partial charge >= 0.3 is 0 Å². The van der Waals surface area contributed by atoms with Gasteiger partial charge in [0.2, 0.25) is 5.91 Å². The molecule has 3 aromatic rings. The van der Waals surface area contributed by atoms with Gasteiger partial charge in [-0.1, -0.05) is 68.1 Å². The van der Waals surface area contributed by atoms with Crippen LogP contribution in [0.5, 0.6) is 0 Å². The van der Waals surface area contributed by atoms with Crippen molar-refractivity contribution in [2.24, 2.45) is 0 Å². The highest BCUT2D eigenvalue weighted by atomic mass is 32.2. The Labute approximate surface area is 157 Å². The number of carbonyl (C=O) groups is 1. The van der Waals surface area contributed by atoms with Gasteiger partial charge in [-0.3, -0.25) is 4.79 Å². The minimum atomic E-state index is -0.0865. The van der Waals surface area contributed by atoms with E-state index in [4.69, 9.17) is 5.84 Å². The largest absolute Gasteiger partial charge is 0.337 e. The summed E-state index contributed by atoms with van der Waals surface area (Å²) >= 11 is 1.31. The first-order valence-electron chi connectivity index (χ1n) is 8.45. The Hall–Kier alpha value is -2.73. The summed E-state index contributed by atoms with van der Waals surface area (Å²) in [5, 5.41) is 3.50. The van der Waals surface area contributed by atoms with E-state index in [0.717, 1.165) is 16.9 Å². The highest BCUT2D eigenvalue weighted by Gasteiger charge is 2.11. The molecule has 5 nitrogen and oxygen atoms in total. The van der Waals surface area contributed by atoms with Crippen LogP contribution in [-0.2, 0) is 4.79 Å². The molecule has 1 amide bonds. The maximum atomic E-state index is 12.2. The molecule has 3 rings (SSSR count). The molecule has 0 saturated heterocycles. The van der Waals surface area contributed by atoms with E-state index in [1.165, 1.54) is 22.0 Å². The minimum absolute atomic E-state index is 0.0865. The number of hydrogen-bond donors (Lipinski definition) is 2. The molecule has 0 bridgehead atoms. The molecule has 26 heavy (non-hydrogen) atoms. The number of nitrogen functional groups attached to an aromatic ring is 1. The number of nitrogens with zero attached hydrogens (tertiary/aromatic N) is 2. The fourth-order valence-corrected chi connectivity index (χ4v) is 3.21. The number of rotatable bonds is 6. The van der Waals surface area contributed by atoms with Crippen LogP contribution in [0, 0.1) is 0 Å². The van der Waals surface area contributed by atoms with Crippen molar-refractivity contribution >= 4 is 23.4 Å². The molecule has 0 atom stereocenters. The van der Waals surface area contributed by atoms with Crippen LogP contribution in [0.2, 0.25) is 0 Å². The lowest BCUT2D eigenvalue weighted by Gasteiger charge is -2.08. The van der Waals surface area contributed by atoms with Gasteiger partial charge in [-0.05, 0) is 23.6 Å². The Morgan fingerprint density at radius 2 is 1.85 bits per heavy atom. The van der Waals surface area contributed by atoms with Crippen molar-refractivity contribution in [3.05, 3.63) is 66.4 Å². The van der Waals surface area contributed by atoms with Crippen LogP contribution >= 0.6 is 11.8 Å². The van der Waals surface area contributed by atoms with Crippen LogP contribution < -0.4 is 11.2 Å². The summed E-state index contributed by atoms with van der Waals surface area (Å²) in [7, 11) is 0. The zero-order valence-electron chi connectivity index (χ0n) is 14.8. The van der Waals surface area contributed by atoms with Crippen molar-refractivity contribution in [1.82, 2.24) is 9.66 Å². The van der Waals surface area contributed by atoms with Gasteiger partial charge in [0.15, 0.2) is 5.16 Å². The summed E-state index contributed by atoms with van der Waals surface area (Å²) in [5.74, 6) is 6.59. The van der Waals surface area contributed by atoms with Crippen LogP contribution in [0.4, 0.5) is 5.69 Å². The van der Waals surface area contributed by atoms with E-state index < -0.39 is 0 Å². The first-order chi connectivity index (χ1) is 12.5. The van der Waals surface area contributed by atoms with E-state index in [1.54, 1.807) is 6.20 Å². The van der Waals surface area contributed by atoms with Crippen molar-refractivity contribution in [2.75, 3.05) is 16.9 Å². The molecule has 0 unspecified atom stereocenters. The molecule has 6 heteroatoms. The van der Waals surface area contributed by atoms with Crippen molar-refractivity contribution < 1.29 is 4.79 Å². The molecule has 0 saturated carbocycles. The summed E-state index contributed by atoms with van der Waals surface area (Å²) in [5.41, 5.74) is 3.82. The molecule has 1 aromatic heterocycles. The predicted octanol–water partition coefficient (Wildman–Crippen LogP) is 4.12. The van der Waals surface area contributed by atoms with Gasteiger partial charge < -0.3 is 11.2 Å². The highest BCUT2D eigenvalue weighted by Crippen LogP contribution is 2.23. The highest BCUT2D eigenvalue weighted by molar-refractivity contribution is 7.99. The first kappa shape index (κ1) is 18.1. The summed E-state index contributed by atoms with van der Waals surface area (Å²) < 4.78 is 1.46. The minimum Gasteiger partial charge on any atom is -0.337 e. The van der Waals surface area contributed by atoms with Crippen molar-refractivity contribution in [3.63, 3.8) is 0 Å². The molecule has 0 aliphatic carbocycles.